The van der Waals surface area contributed by atoms with Crippen molar-refractivity contribution in [1.29, 1.82) is 0 Å². The highest BCUT2D eigenvalue weighted by atomic mass is 35.5. The number of benzene rings is 1. The summed E-state index contributed by atoms with van der Waals surface area (Å²) >= 11 is 7.50. The molecule has 2 heterocycles. The van der Waals surface area contributed by atoms with E-state index >= 15 is 0 Å². The number of thiazole rings is 1. The molecule has 0 saturated heterocycles. The van der Waals surface area contributed by atoms with Crippen molar-refractivity contribution < 1.29 is 4.79 Å². The predicted molar refractivity (Wildman–Crippen MR) is 95.6 cm³/mol. The molecule has 9 heteroatoms. The zero-order chi connectivity index (χ0) is 17.1. The molecule has 7 nitrogen and oxygen atoms in total. The van der Waals surface area contributed by atoms with Crippen LogP contribution in [-0.4, -0.2) is 57.7 Å². The standard InChI is InChI=1S/C15H17ClN6OS/c1-20(2)5-6-22(14(23)8-21-10-17-9-18-21)15-19-12-4-3-11(16)7-13(12)24-15/h3-4,7,9-10H,5-6,8H2,1-2H3. The normalized spacial score (nSPS) is 11.3. The summed E-state index contributed by atoms with van der Waals surface area (Å²) in [5.41, 5.74) is 0.836. The van der Waals surface area contributed by atoms with E-state index in [1.165, 1.54) is 28.7 Å². The summed E-state index contributed by atoms with van der Waals surface area (Å²) in [5, 5.41) is 5.32. The topological polar surface area (TPSA) is 67.2 Å². The van der Waals surface area contributed by atoms with Gasteiger partial charge < -0.3 is 4.90 Å². The van der Waals surface area contributed by atoms with Crippen molar-refractivity contribution in [2.24, 2.45) is 0 Å². The average Bonchev–Trinajstić information content (AvgIpc) is 3.16. The Balaban J connectivity index is 1.88. The first-order valence-corrected chi connectivity index (χ1v) is 8.56. The number of fused-ring (bicyclic) bond motifs is 1. The van der Waals surface area contributed by atoms with Gasteiger partial charge in [-0.3, -0.25) is 9.69 Å². The number of likely N-dealkylation sites (N-methyl/N-ethyl adjacent to an activating group) is 1. The van der Waals surface area contributed by atoms with Crippen LogP contribution in [0, 0.1) is 0 Å². The lowest BCUT2D eigenvalue weighted by Gasteiger charge is -2.21. The third-order valence-corrected chi connectivity index (χ3v) is 4.68. The summed E-state index contributed by atoms with van der Waals surface area (Å²) in [4.78, 5) is 24.9. The van der Waals surface area contributed by atoms with Crippen LogP contribution in [0.2, 0.25) is 5.02 Å². The van der Waals surface area contributed by atoms with Gasteiger partial charge in [0, 0.05) is 18.1 Å². The second kappa shape index (κ2) is 7.25. The number of anilines is 1. The van der Waals surface area contributed by atoms with Crippen LogP contribution in [0.25, 0.3) is 10.2 Å². The fourth-order valence-corrected chi connectivity index (χ4v) is 3.45. The van der Waals surface area contributed by atoms with Crippen molar-refractivity contribution in [1.82, 2.24) is 24.6 Å². The number of carbonyl (C=O) groups excluding carboxylic acids is 1. The second-order valence-corrected chi connectivity index (χ2v) is 7.00. The van der Waals surface area contributed by atoms with E-state index in [4.69, 9.17) is 11.6 Å². The molecule has 1 amide bonds. The number of nitrogens with zero attached hydrogens (tertiary/aromatic N) is 6. The Hall–Kier alpha value is -2.03. The molecular formula is C15H17ClN6OS. The molecule has 0 radical (unpaired) electrons. The summed E-state index contributed by atoms with van der Waals surface area (Å²) in [6.07, 6.45) is 2.94. The van der Waals surface area contributed by atoms with E-state index in [1.54, 1.807) is 11.0 Å². The Bertz CT molecular complexity index is 832. The zero-order valence-electron chi connectivity index (χ0n) is 13.4. The molecule has 0 aliphatic carbocycles. The molecule has 0 spiro atoms. The maximum atomic E-state index is 12.7. The largest absolute Gasteiger partial charge is 0.308 e. The van der Waals surface area contributed by atoms with Crippen LogP contribution in [0.3, 0.4) is 0 Å². The highest BCUT2D eigenvalue weighted by molar-refractivity contribution is 7.22. The molecule has 3 rings (SSSR count). The first-order valence-electron chi connectivity index (χ1n) is 7.36. The van der Waals surface area contributed by atoms with E-state index < -0.39 is 0 Å². The van der Waals surface area contributed by atoms with E-state index in [-0.39, 0.29) is 12.5 Å². The van der Waals surface area contributed by atoms with Crippen molar-refractivity contribution in [2.75, 3.05) is 32.1 Å². The van der Waals surface area contributed by atoms with Gasteiger partial charge in [-0.15, -0.1) is 0 Å². The van der Waals surface area contributed by atoms with Gasteiger partial charge in [0.15, 0.2) is 5.13 Å². The lowest BCUT2D eigenvalue weighted by molar-refractivity contribution is -0.119. The molecule has 0 saturated carbocycles. The van der Waals surface area contributed by atoms with Crippen molar-refractivity contribution >= 4 is 44.2 Å². The molecule has 0 fully saturated rings. The number of carbonyl (C=O) groups is 1. The van der Waals surface area contributed by atoms with E-state index in [0.717, 1.165) is 16.8 Å². The SMILES string of the molecule is CN(C)CCN(C(=O)Cn1cncn1)c1nc2ccc(Cl)cc2s1. The number of aromatic nitrogens is 4. The Morgan fingerprint density at radius 3 is 2.88 bits per heavy atom. The van der Waals surface area contributed by atoms with Gasteiger partial charge in [0.2, 0.25) is 0 Å². The van der Waals surface area contributed by atoms with Crippen LogP contribution in [0.15, 0.2) is 30.9 Å². The average molecular weight is 365 g/mol. The van der Waals surface area contributed by atoms with Crippen LogP contribution < -0.4 is 4.90 Å². The van der Waals surface area contributed by atoms with Gasteiger partial charge >= 0.3 is 0 Å². The van der Waals surface area contributed by atoms with Gasteiger partial charge in [-0.2, -0.15) is 5.10 Å². The highest BCUT2D eigenvalue weighted by Crippen LogP contribution is 2.30. The maximum Gasteiger partial charge on any atom is 0.250 e. The third-order valence-electron chi connectivity index (χ3n) is 3.41. The minimum absolute atomic E-state index is 0.0764. The molecule has 0 N–H and O–H groups in total. The van der Waals surface area contributed by atoms with Crippen LogP contribution in [0.1, 0.15) is 0 Å². The van der Waals surface area contributed by atoms with Gasteiger partial charge in [-0.25, -0.2) is 14.6 Å². The summed E-state index contributed by atoms with van der Waals surface area (Å²) in [7, 11) is 3.94. The molecular weight excluding hydrogens is 348 g/mol. The minimum atomic E-state index is -0.0764. The number of halogens is 1. The Labute approximate surface area is 148 Å². The molecule has 0 aliphatic heterocycles. The van der Waals surface area contributed by atoms with Crippen molar-refractivity contribution in [3.8, 4) is 0 Å². The van der Waals surface area contributed by atoms with E-state index in [9.17, 15) is 4.79 Å². The molecule has 1 aromatic carbocycles. The van der Waals surface area contributed by atoms with Gasteiger partial charge in [0.25, 0.3) is 5.91 Å². The van der Waals surface area contributed by atoms with Crippen LogP contribution in [-0.2, 0) is 11.3 Å². The van der Waals surface area contributed by atoms with Crippen molar-refractivity contribution in [2.45, 2.75) is 6.54 Å². The molecule has 0 aliphatic rings. The first kappa shape index (κ1) is 16.8. The Kier molecular flexibility index (Phi) is 5.08. The minimum Gasteiger partial charge on any atom is -0.308 e. The third kappa shape index (κ3) is 3.89. The fraction of sp³-hybridized carbons (Fsp3) is 0.333. The highest BCUT2D eigenvalue weighted by Gasteiger charge is 2.20. The van der Waals surface area contributed by atoms with Gasteiger partial charge in [-0.05, 0) is 32.3 Å². The summed E-state index contributed by atoms with van der Waals surface area (Å²) in [5.74, 6) is -0.0764. The molecule has 2 aromatic heterocycles. The molecule has 24 heavy (non-hydrogen) atoms. The smallest absolute Gasteiger partial charge is 0.250 e. The number of hydrogen-bond acceptors (Lipinski definition) is 6. The number of hydrogen-bond donors (Lipinski definition) is 0. The van der Waals surface area contributed by atoms with E-state index in [0.29, 0.717) is 16.7 Å². The zero-order valence-corrected chi connectivity index (χ0v) is 15.0. The number of amides is 1. The molecule has 0 unspecified atom stereocenters. The molecule has 126 valence electrons. The lowest BCUT2D eigenvalue weighted by Crippen LogP contribution is -2.38. The van der Waals surface area contributed by atoms with Crippen molar-refractivity contribution in [3.05, 3.63) is 35.9 Å². The predicted octanol–water partition coefficient (Wildman–Crippen LogP) is 2.14. The Morgan fingerprint density at radius 2 is 2.17 bits per heavy atom. The maximum absolute atomic E-state index is 12.7. The monoisotopic (exact) mass is 364 g/mol. The Morgan fingerprint density at radius 1 is 1.33 bits per heavy atom. The molecule has 0 atom stereocenters. The quantitative estimate of drug-likeness (QED) is 0.670. The summed E-state index contributed by atoms with van der Waals surface area (Å²) < 4.78 is 2.47. The van der Waals surface area contributed by atoms with E-state index in [2.05, 4.69) is 15.1 Å². The van der Waals surface area contributed by atoms with Gasteiger partial charge in [0.05, 0.1) is 10.2 Å². The first-order chi connectivity index (χ1) is 11.5. The van der Waals surface area contributed by atoms with Crippen LogP contribution >= 0.6 is 22.9 Å². The van der Waals surface area contributed by atoms with E-state index in [1.807, 2.05) is 31.1 Å². The summed E-state index contributed by atoms with van der Waals surface area (Å²) in [6.45, 7) is 1.41. The van der Waals surface area contributed by atoms with Crippen LogP contribution in [0.5, 0.6) is 0 Å². The summed E-state index contributed by atoms with van der Waals surface area (Å²) in [6, 6.07) is 5.53. The lowest BCUT2D eigenvalue weighted by atomic mass is 10.3. The fourth-order valence-electron chi connectivity index (χ4n) is 2.17. The van der Waals surface area contributed by atoms with Gasteiger partial charge in [0.1, 0.15) is 19.2 Å². The van der Waals surface area contributed by atoms with Crippen LogP contribution in [0.4, 0.5) is 5.13 Å². The molecule has 0 bridgehead atoms. The second-order valence-electron chi connectivity index (χ2n) is 5.55. The van der Waals surface area contributed by atoms with Crippen molar-refractivity contribution in [3.63, 3.8) is 0 Å². The number of rotatable bonds is 6. The molecule has 3 aromatic rings. The van der Waals surface area contributed by atoms with Gasteiger partial charge in [-0.1, -0.05) is 22.9 Å².